The monoisotopic (exact) mass is 461 g/mol. The molecular formula is C23H24ClN9. The molecule has 9 nitrogen and oxygen atoms in total. The van der Waals surface area contributed by atoms with Gasteiger partial charge in [-0.1, -0.05) is 25.4 Å². The van der Waals surface area contributed by atoms with Crippen molar-refractivity contribution >= 4 is 39.6 Å². The molecule has 4 rings (SSSR count). The fourth-order valence-electron chi connectivity index (χ4n) is 4.01. The number of nitrogens with one attached hydrogen (secondary N) is 1. The molecule has 0 spiro atoms. The molecule has 168 valence electrons. The van der Waals surface area contributed by atoms with Crippen LogP contribution in [0.5, 0.6) is 0 Å². The number of aromatic nitrogens is 5. The molecule has 0 fully saturated rings. The summed E-state index contributed by atoms with van der Waals surface area (Å²) in [6.45, 7) is 7.94. The fourth-order valence-corrected chi connectivity index (χ4v) is 4.19. The number of rotatable bonds is 8. The van der Waals surface area contributed by atoms with E-state index in [0.29, 0.717) is 39.9 Å². The molecule has 0 aliphatic rings. The molecule has 3 heterocycles. The highest BCUT2D eigenvalue weighted by atomic mass is 35.5. The second-order valence-corrected chi connectivity index (χ2v) is 8.15. The Morgan fingerprint density at radius 1 is 1.09 bits per heavy atom. The Kier molecular flexibility index (Phi) is 6.45. The van der Waals surface area contributed by atoms with E-state index in [1.54, 1.807) is 12.1 Å². The molecule has 1 aromatic carbocycles. The number of hydrogen-bond donors (Lipinski definition) is 2. The second-order valence-electron chi connectivity index (χ2n) is 7.71. The molecule has 33 heavy (non-hydrogen) atoms. The highest BCUT2D eigenvalue weighted by molar-refractivity contribution is 6.31. The van der Waals surface area contributed by atoms with Crippen molar-refractivity contribution in [3.05, 3.63) is 34.6 Å². The van der Waals surface area contributed by atoms with E-state index in [1.165, 1.54) is 0 Å². The first-order valence-electron chi connectivity index (χ1n) is 10.9. The minimum atomic E-state index is -0.0379. The van der Waals surface area contributed by atoms with E-state index in [0.717, 1.165) is 43.5 Å². The summed E-state index contributed by atoms with van der Waals surface area (Å²) in [7, 11) is 0. The lowest BCUT2D eigenvalue weighted by Gasteiger charge is -2.17. The van der Waals surface area contributed by atoms with Crippen molar-refractivity contribution in [2.24, 2.45) is 0 Å². The van der Waals surface area contributed by atoms with Gasteiger partial charge in [-0.25, -0.2) is 15.0 Å². The van der Waals surface area contributed by atoms with Crippen LogP contribution in [0, 0.1) is 22.7 Å². The van der Waals surface area contributed by atoms with Crippen molar-refractivity contribution in [3.8, 4) is 23.5 Å². The van der Waals surface area contributed by atoms with Gasteiger partial charge in [0.2, 0.25) is 0 Å². The van der Waals surface area contributed by atoms with Crippen molar-refractivity contribution in [3.63, 3.8) is 0 Å². The van der Waals surface area contributed by atoms with E-state index in [1.807, 2.05) is 22.8 Å². The molecule has 0 bridgehead atoms. The third-order valence-corrected chi connectivity index (χ3v) is 6.04. The first kappa shape index (κ1) is 22.5. The fraction of sp³-hybridized carbons (Fsp3) is 0.348. The number of benzene rings is 1. The van der Waals surface area contributed by atoms with Crippen molar-refractivity contribution in [1.29, 1.82) is 10.5 Å². The Morgan fingerprint density at radius 3 is 2.52 bits per heavy atom. The summed E-state index contributed by atoms with van der Waals surface area (Å²) in [5.41, 5.74) is 9.51. The highest BCUT2D eigenvalue weighted by Crippen LogP contribution is 2.35. The van der Waals surface area contributed by atoms with Crippen LogP contribution in [-0.2, 0) is 6.54 Å². The van der Waals surface area contributed by atoms with Crippen LogP contribution in [-0.4, -0.2) is 49.0 Å². The Labute approximate surface area is 196 Å². The van der Waals surface area contributed by atoms with Crippen molar-refractivity contribution < 1.29 is 0 Å². The molecule has 3 aromatic heterocycles. The molecule has 0 unspecified atom stereocenters. The molecule has 0 aliphatic heterocycles. The van der Waals surface area contributed by atoms with Gasteiger partial charge in [-0.3, -0.25) is 0 Å². The number of nitrogen functional groups attached to an aromatic ring is 1. The van der Waals surface area contributed by atoms with E-state index >= 15 is 0 Å². The predicted molar refractivity (Wildman–Crippen MR) is 128 cm³/mol. The van der Waals surface area contributed by atoms with Gasteiger partial charge in [-0.05, 0) is 50.7 Å². The average molecular weight is 462 g/mol. The van der Waals surface area contributed by atoms with Crippen molar-refractivity contribution in [2.45, 2.75) is 33.2 Å². The van der Waals surface area contributed by atoms with Crippen LogP contribution in [0.15, 0.2) is 18.2 Å². The van der Waals surface area contributed by atoms with Crippen molar-refractivity contribution in [2.75, 3.05) is 25.4 Å². The number of H-pyrrole nitrogens is 1. The van der Waals surface area contributed by atoms with Crippen LogP contribution >= 0.6 is 11.6 Å². The molecule has 0 radical (unpaired) electrons. The first-order chi connectivity index (χ1) is 16.0. The smallest absolute Gasteiger partial charge is 0.179 e. The van der Waals surface area contributed by atoms with Crippen LogP contribution in [0.1, 0.15) is 38.1 Å². The van der Waals surface area contributed by atoms with E-state index in [4.69, 9.17) is 17.3 Å². The number of hydrogen-bond acceptors (Lipinski definition) is 7. The minimum absolute atomic E-state index is 0.0187. The number of nitriles is 2. The summed E-state index contributed by atoms with van der Waals surface area (Å²) in [5, 5.41) is 19.5. The van der Waals surface area contributed by atoms with Crippen LogP contribution in [0.2, 0.25) is 5.02 Å². The van der Waals surface area contributed by atoms with Gasteiger partial charge in [0.05, 0.1) is 16.6 Å². The lowest BCUT2D eigenvalue weighted by molar-refractivity contribution is 0.294. The van der Waals surface area contributed by atoms with Gasteiger partial charge >= 0.3 is 0 Å². The average Bonchev–Trinajstić information content (AvgIpc) is 3.35. The Balaban J connectivity index is 1.81. The minimum Gasteiger partial charge on any atom is -0.384 e. The van der Waals surface area contributed by atoms with E-state index in [-0.39, 0.29) is 11.4 Å². The third-order valence-electron chi connectivity index (χ3n) is 5.81. The number of nitrogens with two attached hydrogens (primary N) is 1. The zero-order valence-electron chi connectivity index (χ0n) is 18.6. The van der Waals surface area contributed by atoms with Gasteiger partial charge in [0, 0.05) is 11.6 Å². The van der Waals surface area contributed by atoms with E-state index in [9.17, 15) is 10.5 Å². The Hall–Kier alpha value is -3.66. The molecule has 0 atom stereocenters. The van der Waals surface area contributed by atoms with E-state index in [2.05, 4.69) is 38.7 Å². The molecule has 0 amide bonds. The van der Waals surface area contributed by atoms with Crippen LogP contribution in [0.25, 0.3) is 33.6 Å². The third kappa shape index (κ3) is 4.21. The summed E-state index contributed by atoms with van der Waals surface area (Å²) in [6.07, 6.45) is 1.87. The lowest BCUT2D eigenvalue weighted by Crippen LogP contribution is -2.24. The summed E-state index contributed by atoms with van der Waals surface area (Å²) in [4.78, 5) is 19.2. The van der Waals surface area contributed by atoms with Gasteiger partial charge in [0.25, 0.3) is 0 Å². The molecule has 0 aliphatic carbocycles. The molecule has 0 saturated carbocycles. The molecule has 4 aromatic rings. The number of aryl methyl sites for hydroxylation is 1. The Morgan fingerprint density at radius 2 is 1.82 bits per heavy atom. The van der Waals surface area contributed by atoms with Gasteiger partial charge in [0.1, 0.15) is 29.3 Å². The maximum Gasteiger partial charge on any atom is 0.179 e. The van der Waals surface area contributed by atoms with Gasteiger partial charge in [-0.15, -0.1) is 0 Å². The summed E-state index contributed by atoms with van der Waals surface area (Å²) < 4.78 is 1.86. The van der Waals surface area contributed by atoms with Crippen LogP contribution in [0.3, 0.4) is 0 Å². The largest absolute Gasteiger partial charge is 0.384 e. The summed E-state index contributed by atoms with van der Waals surface area (Å²) in [6, 6.07) is 9.30. The summed E-state index contributed by atoms with van der Waals surface area (Å²) in [5.74, 6) is 0.955. The molecule has 0 saturated heterocycles. The second kappa shape index (κ2) is 9.45. The van der Waals surface area contributed by atoms with Gasteiger partial charge in [-0.2, -0.15) is 10.5 Å². The first-order valence-corrected chi connectivity index (χ1v) is 11.3. The maximum absolute atomic E-state index is 9.48. The maximum atomic E-state index is 9.48. The quantitative estimate of drug-likeness (QED) is 0.377. The summed E-state index contributed by atoms with van der Waals surface area (Å²) >= 11 is 6.12. The zero-order chi connectivity index (χ0) is 23.5. The number of imidazole rings is 1. The SMILES string of the molecule is CCN(CC)CCCCn1c(N)c(-c2nc3ccc(Cl)cc3[nH]2)c2nc(C#N)c(C#N)nc21. The van der Waals surface area contributed by atoms with Gasteiger partial charge < -0.3 is 20.2 Å². The van der Waals surface area contributed by atoms with E-state index < -0.39 is 0 Å². The van der Waals surface area contributed by atoms with Gasteiger partial charge in [0.15, 0.2) is 17.0 Å². The topological polar surface area (TPSA) is 136 Å². The number of fused-ring (bicyclic) bond motifs is 2. The molecule has 3 N–H and O–H groups in total. The molecule has 10 heteroatoms. The molecular weight excluding hydrogens is 438 g/mol. The number of anilines is 1. The Bertz CT molecular complexity index is 1400. The standard InChI is InChI=1S/C23H24ClN9/c1-3-32(4-2)9-5-6-10-33-21(27)19(20-23(33)31-18(13-26)17(12-25)28-20)22-29-15-8-7-14(24)11-16(15)30-22/h7-8,11H,3-6,9-10,27H2,1-2H3,(H,29,30). The highest BCUT2D eigenvalue weighted by Gasteiger charge is 2.24. The normalized spacial score (nSPS) is 11.3. The number of halogens is 1. The number of aromatic amines is 1. The zero-order valence-corrected chi connectivity index (χ0v) is 19.3. The van der Waals surface area contributed by atoms with Crippen LogP contribution in [0.4, 0.5) is 5.82 Å². The van der Waals surface area contributed by atoms with Crippen LogP contribution < -0.4 is 5.73 Å². The number of nitrogens with zero attached hydrogens (tertiary/aromatic N) is 7. The van der Waals surface area contributed by atoms with Crippen molar-refractivity contribution in [1.82, 2.24) is 29.4 Å². The predicted octanol–water partition coefficient (Wildman–Crippen LogP) is 4.08. The number of unbranched alkanes of at least 4 members (excludes halogenated alkanes) is 1. The lowest BCUT2D eigenvalue weighted by atomic mass is 10.2.